The maximum Gasteiger partial charge on any atom is 0.282 e. The molecule has 0 fully saturated rings. The summed E-state index contributed by atoms with van der Waals surface area (Å²) < 4.78 is 4.64. The summed E-state index contributed by atoms with van der Waals surface area (Å²) >= 11 is 3.45. The molecule has 4 rings (SSSR count). The molecule has 0 amide bonds. The van der Waals surface area contributed by atoms with Gasteiger partial charge in [0.1, 0.15) is 5.82 Å². The Balaban J connectivity index is 1.92. The van der Waals surface area contributed by atoms with Crippen molar-refractivity contribution in [3.63, 3.8) is 0 Å². The number of fused-ring (bicyclic) bond motifs is 2. The van der Waals surface area contributed by atoms with Crippen LogP contribution in [0.2, 0.25) is 0 Å². The Kier molecular flexibility index (Phi) is 5.60. The quantitative estimate of drug-likeness (QED) is 0.348. The number of halogens is 1. The predicted octanol–water partition coefficient (Wildman–Crippen LogP) is 5.84. The molecule has 30 heavy (non-hydrogen) atoms. The van der Waals surface area contributed by atoms with Crippen LogP contribution >= 0.6 is 15.9 Å². The van der Waals surface area contributed by atoms with E-state index in [0.717, 1.165) is 27.5 Å². The van der Waals surface area contributed by atoms with Crippen LogP contribution in [-0.2, 0) is 6.42 Å². The second kappa shape index (κ2) is 8.19. The summed E-state index contributed by atoms with van der Waals surface area (Å²) in [5.41, 5.74) is 3.91. The highest BCUT2D eigenvalue weighted by atomic mass is 79.9. The van der Waals surface area contributed by atoms with Crippen LogP contribution in [0.15, 0.2) is 56.8 Å². The van der Waals surface area contributed by atoms with E-state index < -0.39 is 0 Å². The minimum atomic E-state index is -0.155. The van der Waals surface area contributed by atoms with Crippen LogP contribution in [0.4, 0.5) is 0 Å². The molecule has 154 valence electrons. The number of hydrogen-bond acceptors (Lipinski definition) is 3. The summed E-state index contributed by atoms with van der Waals surface area (Å²) in [5, 5.41) is 6.32. The Morgan fingerprint density at radius 3 is 2.67 bits per heavy atom. The largest absolute Gasteiger partial charge is 0.341 e. The fourth-order valence-corrected chi connectivity index (χ4v) is 4.35. The molecular weight excluding hydrogens is 440 g/mol. The lowest BCUT2D eigenvalue weighted by Crippen LogP contribution is -2.22. The highest BCUT2D eigenvalue weighted by Crippen LogP contribution is 2.29. The lowest BCUT2D eigenvalue weighted by Gasteiger charge is -2.15. The Morgan fingerprint density at radius 2 is 1.93 bits per heavy atom. The van der Waals surface area contributed by atoms with E-state index in [-0.39, 0.29) is 5.56 Å². The normalized spacial score (nSPS) is 13.0. The maximum atomic E-state index is 13.2. The smallest absolute Gasteiger partial charge is 0.282 e. The van der Waals surface area contributed by atoms with E-state index in [9.17, 15) is 4.79 Å². The van der Waals surface area contributed by atoms with Crippen molar-refractivity contribution in [3.05, 3.63) is 74.4 Å². The molecule has 0 aliphatic carbocycles. The lowest BCUT2D eigenvalue weighted by molar-refractivity contribution is 0.537. The van der Waals surface area contributed by atoms with Crippen molar-refractivity contribution in [2.45, 2.75) is 46.6 Å². The zero-order chi connectivity index (χ0) is 21.4. The standard InChI is InChI=1S/C24H25BrN4O/c1-5-15(3)28-16(4)20(18-9-7-8-10-22(18)28)14-26-29-23(6-2)27-21-12-11-17(25)13-19(21)24(29)30/h7-15H,5-6H2,1-4H3/t15-/m1/s1. The van der Waals surface area contributed by atoms with E-state index >= 15 is 0 Å². The van der Waals surface area contributed by atoms with Gasteiger partial charge in [-0.05, 0) is 44.5 Å². The van der Waals surface area contributed by atoms with Gasteiger partial charge in [0, 0.05) is 39.1 Å². The summed E-state index contributed by atoms with van der Waals surface area (Å²) in [6.45, 7) is 8.52. The third-order valence-corrected chi connectivity index (χ3v) is 6.22. The molecule has 0 N–H and O–H groups in total. The maximum absolute atomic E-state index is 13.2. The fourth-order valence-electron chi connectivity index (χ4n) is 3.99. The number of para-hydroxylation sites is 1. The van der Waals surface area contributed by atoms with Crippen molar-refractivity contribution in [3.8, 4) is 0 Å². The first-order chi connectivity index (χ1) is 14.5. The van der Waals surface area contributed by atoms with E-state index in [2.05, 4.69) is 69.6 Å². The average molecular weight is 465 g/mol. The van der Waals surface area contributed by atoms with Crippen molar-refractivity contribution < 1.29 is 0 Å². The van der Waals surface area contributed by atoms with Crippen LogP contribution in [0.5, 0.6) is 0 Å². The SMILES string of the molecule is CCc1nc2ccc(Br)cc2c(=O)n1N=Cc1c(C)n([C@H](C)CC)c2ccccc12. The van der Waals surface area contributed by atoms with Gasteiger partial charge in [-0.2, -0.15) is 9.78 Å². The van der Waals surface area contributed by atoms with E-state index in [0.29, 0.717) is 29.2 Å². The van der Waals surface area contributed by atoms with Crippen LogP contribution in [0.3, 0.4) is 0 Å². The molecule has 0 bridgehead atoms. The number of aryl methyl sites for hydroxylation is 1. The molecule has 4 aromatic rings. The summed E-state index contributed by atoms with van der Waals surface area (Å²) in [5.74, 6) is 0.648. The molecule has 0 aliphatic rings. The molecule has 0 radical (unpaired) electrons. The van der Waals surface area contributed by atoms with Gasteiger partial charge in [-0.25, -0.2) is 4.98 Å². The van der Waals surface area contributed by atoms with Crippen LogP contribution in [-0.4, -0.2) is 20.4 Å². The molecule has 1 atom stereocenters. The van der Waals surface area contributed by atoms with Gasteiger partial charge in [0.05, 0.1) is 17.1 Å². The molecular formula is C24H25BrN4O. The Bertz CT molecular complexity index is 1330. The van der Waals surface area contributed by atoms with Crippen molar-refractivity contribution in [2.75, 3.05) is 0 Å². The van der Waals surface area contributed by atoms with Crippen LogP contribution in [0.25, 0.3) is 21.8 Å². The van der Waals surface area contributed by atoms with Gasteiger partial charge in [0.2, 0.25) is 0 Å². The van der Waals surface area contributed by atoms with Gasteiger partial charge < -0.3 is 4.57 Å². The number of nitrogens with zero attached hydrogens (tertiary/aromatic N) is 4. The van der Waals surface area contributed by atoms with Crippen molar-refractivity contribution >= 4 is 44.0 Å². The molecule has 0 saturated heterocycles. The van der Waals surface area contributed by atoms with Gasteiger partial charge in [-0.1, -0.05) is 48.0 Å². The first kappa shape index (κ1) is 20.5. The third kappa shape index (κ3) is 3.39. The number of hydrogen-bond donors (Lipinski definition) is 0. The van der Waals surface area contributed by atoms with Crippen LogP contribution < -0.4 is 5.56 Å². The number of aromatic nitrogens is 3. The molecule has 0 spiro atoms. The molecule has 0 unspecified atom stereocenters. The molecule has 5 nitrogen and oxygen atoms in total. The third-order valence-electron chi connectivity index (χ3n) is 5.73. The monoisotopic (exact) mass is 464 g/mol. The average Bonchev–Trinajstić information content (AvgIpc) is 3.04. The predicted molar refractivity (Wildman–Crippen MR) is 128 cm³/mol. The molecule has 0 aliphatic heterocycles. The van der Waals surface area contributed by atoms with Crippen LogP contribution in [0, 0.1) is 6.92 Å². The molecule has 2 aromatic heterocycles. The molecule has 2 aromatic carbocycles. The van der Waals surface area contributed by atoms with E-state index in [1.165, 1.54) is 10.2 Å². The van der Waals surface area contributed by atoms with Crippen molar-refractivity contribution in [2.24, 2.45) is 5.10 Å². The highest BCUT2D eigenvalue weighted by molar-refractivity contribution is 9.10. The zero-order valence-corrected chi connectivity index (χ0v) is 19.3. The van der Waals surface area contributed by atoms with Gasteiger partial charge in [-0.15, -0.1) is 0 Å². The number of benzene rings is 2. The zero-order valence-electron chi connectivity index (χ0n) is 17.7. The second-order valence-corrected chi connectivity index (χ2v) is 8.46. The summed E-state index contributed by atoms with van der Waals surface area (Å²) in [4.78, 5) is 17.8. The summed E-state index contributed by atoms with van der Waals surface area (Å²) in [7, 11) is 0. The van der Waals surface area contributed by atoms with Gasteiger partial charge >= 0.3 is 0 Å². The second-order valence-electron chi connectivity index (χ2n) is 7.55. The first-order valence-corrected chi connectivity index (χ1v) is 11.1. The lowest BCUT2D eigenvalue weighted by atomic mass is 10.1. The molecule has 6 heteroatoms. The van der Waals surface area contributed by atoms with Gasteiger partial charge in [0.15, 0.2) is 0 Å². The number of rotatable bonds is 5. The van der Waals surface area contributed by atoms with E-state index in [4.69, 9.17) is 0 Å². The Labute approximate surface area is 184 Å². The van der Waals surface area contributed by atoms with Gasteiger partial charge in [0.25, 0.3) is 5.56 Å². The topological polar surface area (TPSA) is 52.2 Å². The minimum Gasteiger partial charge on any atom is -0.341 e. The fraction of sp³-hybridized carbons (Fsp3) is 0.292. The van der Waals surface area contributed by atoms with Gasteiger partial charge in [-0.3, -0.25) is 4.79 Å². The van der Waals surface area contributed by atoms with Crippen LogP contribution in [0.1, 0.15) is 50.3 Å². The van der Waals surface area contributed by atoms with Crippen molar-refractivity contribution in [1.29, 1.82) is 0 Å². The Hall–Kier alpha value is -2.73. The van der Waals surface area contributed by atoms with E-state index in [1.54, 1.807) is 6.07 Å². The summed E-state index contributed by atoms with van der Waals surface area (Å²) in [6.07, 6.45) is 3.47. The summed E-state index contributed by atoms with van der Waals surface area (Å²) in [6, 6.07) is 14.3. The van der Waals surface area contributed by atoms with Crippen molar-refractivity contribution in [1.82, 2.24) is 14.2 Å². The first-order valence-electron chi connectivity index (χ1n) is 10.3. The molecule has 0 saturated carbocycles. The Morgan fingerprint density at radius 1 is 1.17 bits per heavy atom. The highest BCUT2D eigenvalue weighted by Gasteiger charge is 2.16. The molecule has 2 heterocycles. The minimum absolute atomic E-state index is 0.155. The van der Waals surface area contributed by atoms with E-state index in [1.807, 2.05) is 31.3 Å².